The summed E-state index contributed by atoms with van der Waals surface area (Å²) in [5.74, 6) is 0.364. The summed E-state index contributed by atoms with van der Waals surface area (Å²) in [4.78, 5) is 12.0. The molecule has 9 heteroatoms. The van der Waals surface area contributed by atoms with E-state index in [4.69, 9.17) is 21.1 Å². The molecule has 0 aromatic heterocycles. The lowest BCUT2D eigenvalue weighted by atomic mass is 10.2. The molecule has 2 aromatic rings. The number of hydrogen-bond acceptors (Lipinski definition) is 5. The van der Waals surface area contributed by atoms with Crippen LogP contribution in [-0.2, 0) is 14.8 Å². The molecule has 1 aliphatic heterocycles. The molecule has 0 saturated heterocycles. The highest BCUT2D eigenvalue weighted by atomic mass is 35.5. The van der Waals surface area contributed by atoms with Gasteiger partial charge >= 0.3 is 0 Å². The summed E-state index contributed by atoms with van der Waals surface area (Å²) in [6.07, 6.45) is 0. The molecule has 3 rings (SSSR count). The van der Waals surface area contributed by atoms with E-state index in [0.29, 0.717) is 35.4 Å². The minimum Gasteiger partial charge on any atom is -0.486 e. The van der Waals surface area contributed by atoms with Gasteiger partial charge in [-0.15, -0.1) is 0 Å². The largest absolute Gasteiger partial charge is 0.486 e. The van der Waals surface area contributed by atoms with Crippen molar-refractivity contribution in [3.63, 3.8) is 0 Å². The van der Waals surface area contributed by atoms with Crippen LogP contribution in [0.15, 0.2) is 41.3 Å². The van der Waals surface area contributed by atoms with E-state index in [2.05, 4.69) is 10.0 Å². The van der Waals surface area contributed by atoms with Gasteiger partial charge in [-0.25, -0.2) is 13.1 Å². The number of aryl methyl sites for hydroxylation is 1. The van der Waals surface area contributed by atoms with Crippen LogP contribution in [-0.4, -0.2) is 34.1 Å². The molecule has 2 N–H and O–H groups in total. The number of halogens is 1. The Labute approximate surface area is 156 Å². The lowest BCUT2D eigenvalue weighted by molar-refractivity contribution is -0.115. The third-order valence-electron chi connectivity index (χ3n) is 3.71. The first-order valence-electron chi connectivity index (χ1n) is 7.80. The fourth-order valence-corrected chi connectivity index (χ4v) is 3.62. The van der Waals surface area contributed by atoms with Crippen LogP contribution >= 0.6 is 11.6 Å². The Bertz CT molecular complexity index is 946. The summed E-state index contributed by atoms with van der Waals surface area (Å²) >= 11 is 5.87. The van der Waals surface area contributed by atoms with Crippen molar-refractivity contribution in [2.24, 2.45) is 0 Å². The summed E-state index contributed by atoms with van der Waals surface area (Å²) in [5.41, 5.74) is 1.35. The Morgan fingerprint density at radius 3 is 2.58 bits per heavy atom. The summed E-state index contributed by atoms with van der Waals surface area (Å²) in [5, 5.41) is 3.20. The number of hydrogen-bond donors (Lipinski definition) is 2. The van der Waals surface area contributed by atoms with Gasteiger partial charge in [-0.1, -0.05) is 11.6 Å². The van der Waals surface area contributed by atoms with Gasteiger partial charge < -0.3 is 14.8 Å². The first kappa shape index (κ1) is 18.5. The average molecular weight is 397 g/mol. The number of nitrogens with one attached hydrogen (secondary N) is 2. The first-order chi connectivity index (χ1) is 12.3. The van der Waals surface area contributed by atoms with Gasteiger partial charge in [0.25, 0.3) is 0 Å². The Morgan fingerprint density at radius 2 is 1.85 bits per heavy atom. The zero-order valence-electron chi connectivity index (χ0n) is 13.9. The molecule has 1 amide bonds. The van der Waals surface area contributed by atoms with Crippen LogP contribution in [0.5, 0.6) is 11.5 Å². The number of ether oxygens (including phenoxy) is 2. The fourth-order valence-electron chi connectivity index (χ4n) is 2.40. The van der Waals surface area contributed by atoms with Gasteiger partial charge in [0.15, 0.2) is 11.5 Å². The van der Waals surface area contributed by atoms with Gasteiger partial charge in [-0.3, -0.25) is 4.79 Å². The van der Waals surface area contributed by atoms with Gasteiger partial charge in [-0.2, -0.15) is 0 Å². The zero-order valence-corrected chi connectivity index (χ0v) is 15.5. The molecule has 0 spiro atoms. The molecule has 1 aliphatic rings. The minimum atomic E-state index is -3.87. The molecular weight excluding hydrogens is 380 g/mol. The van der Waals surface area contributed by atoms with Crippen LogP contribution in [0.3, 0.4) is 0 Å². The van der Waals surface area contributed by atoms with Crippen molar-refractivity contribution in [3.05, 3.63) is 47.0 Å². The Kier molecular flexibility index (Phi) is 5.36. The van der Waals surface area contributed by atoms with Gasteiger partial charge in [0.05, 0.1) is 11.4 Å². The number of anilines is 1. The second-order valence-corrected chi connectivity index (χ2v) is 7.84. The topological polar surface area (TPSA) is 93.7 Å². The van der Waals surface area contributed by atoms with Crippen LogP contribution in [0.2, 0.25) is 5.02 Å². The number of carbonyl (C=O) groups is 1. The van der Waals surface area contributed by atoms with Crippen molar-refractivity contribution in [2.75, 3.05) is 25.1 Å². The van der Waals surface area contributed by atoms with Crippen molar-refractivity contribution < 1.29 is 22.7 Å². The highest BCUT2D eigenvalue weighted by Crippen LogP contribution is 2.32. The zero-order chi connectivity index (χ0) is 18.7. The van der Waals surface area contributed by atoms with E-state index >= 15 is 0 Å². The van der Waals surface area contributed by atoms with Crippen molar-refractivity contribution in [1.29, 1.82) is 0 Å². The van der Waals surface area contributed by atoms with Gasteiger partial charge in [0.2, 0.25) is 15.9 Å². The lowest BCUT2D eigenvalue weighted by Gasteiger charge is -2.18. The van der Waals surface area contributed by atoms with Crippen LogP contribution in [0.4, 0.5) is 5.69 Å². The van der Waals surface area contributed by atoms with Crippen LogP contribution < -0.4 is 19.5 Å². The Morgan fingerprint density at radius 1 is 1.12 bits per heavy atom. The average Bonchev–Trinajstić information content (AvgIpc) is 2.62. The molecule has 0 bridgehead atoms. The van der Waals surface area contributed by atoms with E-state index in [0.717, 1.165) is 5.56 Å². The predicted molar refractivity (Wildman–Crippen MR) is 97.4 cm³/mol. The maximum Gasteiger partial charge on any atom is 0.241 e. The highest BCUT2D eigenvalue weighted by molar-refractivity contribution is 7.89. The molecule has 26 heavy (non-hydrogen) atoms. The van der Waals surface area contributed by atoms with E-state index in [9.17, 15) is 13.2 Å². The fraction of sp³-hybridized carbons (Fsp3) is 0.235. The molecule has 0 radical (unpaired) electrons. The summed E-state index contributed by atoms with van der Waals surface area (Å²) in [6.45, 7) is 2.16. The lowest BCUT2D eigenvalue weighted by Crippen LogP contribution is -2.33. The Balaban J connectivity index is 1.65. The number of rotatable bonds is 5. The number of carbonyl (C=O) groups excluding carboxylic acids is 1. The van der Waals surface area contributed by atoms with E-state index in [1.54, 1.807) is 25.1 Å². The van der Waals surface area contributed by atoms with Crippen LogP contribution in [0, 0.1) is 6.92 Å². The third kappa shape index (κ3) is 4.27. The Hall–Kier alpha value is -2.29. The molecule has 7 nitrogen and oxygen atoms in total. The minimum absolute atomic E-state index is 0.00257. The molecule has 0 fully saturated rings. The molecule has 0 saturated carbocycles. The second-order valence-electron chi connectivity index (χ2n) is 5.64. The van der Waals surface area contributed by atoms with Crippen LogP contribution in [0.25, 0.3) is 0 Å². The monoisotopic (exact) mass is 396 g/mol. The third-order valence-corrected chi connectivity index (χ3v) is 5.34. The predicted octanol–water partition coefficient (Wildman–Crippen LogP) is 2.34. The second kappa shape index (κ2) is 7.53. The highest BCUT2D eigenvalue weighted by Gasteiger charge is 2.20. The maximum atomic E-state index is 12.4. The maximum absolute atomic E-state index is 12.4. The van der Waals surface area contributed by atoms with Gasteiger partial charge in [0, 0.05) is 16.8 Å². The molecule has 2 aromatic carbocycles. The summed E-state index contributed by atoms with van der Waals surface area (Å²) in [6, 6.07) is 9.31. The molecule has 138 valence electrons. The van der Waals surface area contributed by atoms with E-state index < -0.39 is 22.5 Å². The number of fused-ring (bicyclic) bond motifs is 1. The van der Waals surface area contributed by atoms with E-state index in [1.165, 1.54) is 18.2 Å². The number of sulfonamides is 1. The summed E-state index contributed by atoms with van der Waals surface area (Å²) in [7, 11) is -3.87. The number of benzene rings is 2. The molecular formula is C17H17ClN2O5S. The van der Waals surface area contributed by atoms with Crippen molar-refractivity contribution >= 4 is 33.2 Å². The van der Waals surface area contributed by atoms with E-state index in [-0.39, 0.29) is 4.90 Å². The van der Waals surface area contributed by atoms with Gasteiger partial charge in [0.1, 0.15) is 13.2 Å². The summed E-state index contributed by atoms with van der Waals surface area (Å²) < 4.78 is 37.8. The van der Waals surface area contributed by atoms with Gasteiger partial charge in [-0.05, 0) is 42.8 Å². The smallest absolute Gasteiger partial charge is 0.241 e. The molecule has 1 heterocycles. The van der Waals surface area contributed by atoms with E-state index in [1.807, 2.05) is 0 Å². The van der Waals surface area contributed by atoms with Crippen LogP contribution in [0.1, 0.15) is 5.56 Å². The standard InChI is InChI=1S/C17H17ClN2O5S/c1-11-8-12(18)2-4-14(11)20-17(21)10-19-26(22,23)13-3-5-15-16(9-13)25-7-6-24-15/h2-5,8-9,19H,6-7,10H2,1H3,(H,20,21). The first-order valence-corrected chi connectivity index (χ1v) is 9.66. The quantitative estimate of drug-likeness (QED) is 0.809. The normalized spacial score (nSPS) is 13.3. The molecule has 0 unspecified atom stereocenters. The number of amides is 1. The van der Waals surface area contributed by atoms with Crippen molar-refractivity contribution in [3.8, 4) is 11.5 Å². The van der Waals surface area contributed by atoms with Crippen molar-refractivity contribution in [1.82, 2.24) is 4.72 Å². The molecule has 0 atom stereocenters. The van der Waals surface area contributed by atoms with Crippen molar-refractivity contribution in [2.45, 2.75) is 11.8 Å². The SMILES string of the molecule is Cc1cc(Cl)ccc1NC(=O)CNS(=O)(=O)c1ccc2c(c1)OCCO2. The molecule has 0 aliphatic carbocycles.